The normalized spacial score (nSPS) is 14.8. The van der Waals surface area contributed by atoms with E-state index in [1.807, 2.05) is 44.2 Å². The van der Waals surface area contributed by atoms with Crippen LogP contribution in [0, 0.1) is 19.8 Å². The molecule has 3 rings (SSSR count). The Morgan fingerprint density at radius 2 is 1.71 bits per heavy atom. The average molecular weight is 423 g/mol. The van der Waals surface area contributed by atoms with Crippen LogP contribution < -0.4 is 16.4 Å². The van der Waals surface area contributed by atoms with Gasteiger partial charge in [0.25, 0.3) is 5.91 Å². The van der Waals surface area contributed by atoms with Crippen LogP contribution in [-0.4, -0.2) is 42.3 Å². The van der Waals surface area contributed by atoms with Crippen molar-refractivity contribution < 1.29 is 14.4 Å². The topological polar surface area (TPSA) is 105 Å². The number of carbonyl (C=O) groups is 3. The molecule has 1 fully saturated rings. The lowest BCUT2D eigenvalue weighted by atomic mass is 9.96. The predicted molar refractivity (Wildman–Crippen MR) is 121 cm³/mol. The van der Waals surface area contributed by atoms with E-state index in [1.165, 1.54) is 0 Å². The first-order valence-electron chi connectivity index (χ1n) is 10.6. The van der Waals surface area contributed by atoms with Crippen molar-refractivity contribution in [3.63, 3.8) is 0 Å². The number of primary amides is 1. The monoisotopic (exact) mass is 422 g/mol. The summed E-state index contributed by atoms with van der Waals surface area (Å²) in [7, 11) is 0. The molecule has 1 aliphatic heterocycles. The van der Waals surface area contributed by atoms with Gasteiger partial charge in [-0.2, -0.15) is 0 Å². The van der Waals surface area contributed by atoms with E-state index in [2.05, 4.69) is 15.5 Å². The zero-order chi connectivity index (χ0) is 22.4. The molecule has 164 valence electrons. The molecule has 7 nitrogen and oxygen atoms in total. The summed E-state index contributed by atoms with van der Waals surface area (Å²) < 4.78 is 0. The highest BCUT2D eigenvalue weighted by molar-refractivity contribution is 5.99. The maximum absolute atomic E-state index is 12.3. The number of nitrogens with zero attached hydrogens (tertiary/aromatic N) is 1. The van der Waals surface area contributed by atoms with E-state index in [1.54, 1.807) is 12.1 Å². The van der Waals surface area contributed by atoms with Gasteiger partial charge in [-0.05, 0) is 69.6 Å². The minimum atomic E-state index is -0.280. The maximum atomic E-state index is 12.3. The smallest absolute Gasteiger partial charge is 0.251 e. The molecular formula is C24H30N4O3. The molecule has 0 aromatic heterocycles. The molecule has 0 aliphatic carbocycles. The highest BCUT2D eigenvalue weighted by Crippen LogP contribution is 2.20. The van der Waals surface area contributed by atoms with Crippen LogP contribution in [-0.2, 0) is 16.1 Å². The number of nitrogens with two attached hydrogens (primary N) is 1. The van der Waals surface area contributed by atoms with Gasteiger partial charge in [0.05, 0.1) is 6.54 Å². The quantitative estimate of drug-likeness (QED) is 0.637. The fourth-order valence-corrected chi connectivity index (χ4v) is 3.95. The fourth-order valence-electron chi connectivity index (χ4n) is 3.95. The summed E-state index contributed by atoms with van der Waals surface area (Å²) in [4.78, 5) is 38.2. The number of anilines is 1. The Kier molecular flexibility index (Phi) is 7.41. The molecule has 7 heteroatoms. The van der Waals surface area contributed by atoms with Gasteiger partial charge in [0.2, 0.25) is 11.8 Å². The Balaban J connectivity index is 1.49. The molecule has 0 unspecified atom stereocenters. The van der Waals surface area contributed by atoms with Crippen molar-refractivity contribution >= 4 is 23.4 Å². The lowest BCUT2D eigenvalue weighted by Crippen LogP contribution is -2.38. The zero-order valence-corrected chi connectivity index (χ0v) is 18.1. The van der Waals surface area contributed by atoms with Crippen LogP contribution in [0.1, 0.15) is 39.9 Å². The largest absolute Gasteiger partial charge is 0.369 e. The van der Waals surface area contributed by atoms with E-state index in [9.17, 15) is 14.4 Å². The first-order valence-corrected chi connectivity index (χ1v) is 10.6. The fraction of sp³-hybridized carbons (Fsp3) is 0.375. The number of aryl methyl sites for hydroxylation is 2. The van der Waals surface area contributed by atoms with E-state index >= 15 is 0 Å². The number of benzene rings is 2. The summed E-state index contributed by atoms with van der Waals surface area (Å²) in [6, 6.07) is 13.3. The Hall–Kier alpha value is -3.19. The molecule has 31 heavy (non-hydrogen) atoms. The number of piperidine rings is 1. The van der Waals surface area contributed by atoms with Crippen LogP contribution in [0.4, 0.5) is 5.69 Å². The molecule has 1 saturated heterocycles. The van der Waals surface area contributed by atoms with E-state index in [4.69, 9.17) is 5.73 Å². The van der Waals surface area contributed by atoms with E-state index in [0.29, 0.717) is 11.3 Å². The van der Waals surface area contributed by atoms with Gasteiger partial charge >= 0.3 is 0 Å². The number of hydrogen-bond donors (Lipinski definition) is 3. The maximum Gasteiger partial charge on any atom is 0.251 e. The SMILES string of the molecule is Cc1cc(C)cc(C(=O)NCC(=O)Nc2cccc(CN3CCC(C(N)=O)CC3)c2)c1. The number of likely N-dealkylation sites (tertiary alicyclic amines) is 1. The van der Waals surface area contributed by atoms with Crippen LogP contribution in [0.15, 0.2) is 42.5 Å². The highest BCUT2D eigenvalue weighted by atomic mass is 16.2. The number of amides is 3. The zero-order valence-electron chi connectivity index (χ0n) is 18.1. The molecule has 2 aromatic carbocycles. The summed E-state index contributed by atoms with van der Waals surface area (Å²) in [5.74, 6) is -0.790. The summed E-state index contributed by atoms with van der Waals surface area (Å²) in [5.41, 5.74) is 9.72. The summed E-state index contributed by atoms with van der Waals surface area (Å²) in [6.45, 7) is 6.17. The van der Waals surface area contributed by atoms with E-state index in [-0.39, 0.29) is 30.2 Å². The molecule has 0 radical (unpaired) electrons. The van der Waals surface area contributed by atoms with Gasteiger partial charge in [0, 0.05) is 23.7 Å². The van der Waals surface area contributed by atoms with Gasteiger partial charge in [-0.1, -0.05) is 29.3 Å². The van der Waals surface area contributed by atoms with Crippen molar-refractivity contribution in [1.82, 2.24) is 10.2 Å². The summed E-state index contributed by atoms with van der Waals surface area (Å²) in [5, 5.41) is 5.51. The van der Waals surface area contributed by atoms with Crippen LogP contribution in [0.5, 0.6) is 0 Å². The third-order valence-corrected chi connectivity index (χ3v) is 5.50. The molecule has 4 N–H and O–H groups in total. The molecular weight excluding hydrogens is 392 g/mol. The Labute approximate surface area is 183 Å². The first kappa shape index (κ1) is 22.5. The Bertz CT molecular complexity index is 945. The van der Waals surface area contributed by atoms with E-state index in [0.717, 1.165) is 49.2 Å². The third-order valence-electron chi connectivity index (χ3n) is 5.50. The molecule has 0 atom stereocenters. The number of hydrogen-bond acceptors (Lipinski definition) is 4. The highest BCUT2D eigenvalue weighted by Gasteiger charge is 2.23. The molecule has 1 heterocycles. The van der Waals surface area contributed by atoms with Crippen molar-refractivity contribution in [2.24, 2.45) is 11.7 Å². The second-order valence-corrected chi connectivity index (χ2v) is 8.26. The number of carbonyl (C=O) groups excluding carboxylic acids is 3. The van der Waals surface area contributed by atoms with Gasteiger partial charge in [0.1, 0.15) is 0 Å². The molecule has 0 bridgehead atoms. The van der Waals surface area contributed by atoms with Crippen molar-refractivity contribution in [3.05, 3.63) is 64.7 Å². The van der Waals surface area contributed by atoms with Crippen LogP contribution in [0.25, 0.3) is 0 Å². The second-order valence-electron chi connectivity index (χ2n) is 8.26. The molecule has 2 aromatic rings. The predicted octanol–water partition coefficient (Wildman–Crippen LogP) is 2.37. The molecule has 3 amide bonds. The Morgan fingerprint density at radius 1 is 1.03 bits per heavy atom. The van der Waals surface area contributed by atoms with Gasteiger partial charge in [-0.25, -0.2) is 0 Å². The van der Waals surface area contributed by atoms with Crippen LogP contribution in [0.3, 0.4) is 0 Å². The standard InChI is InChI=1S/C24H30N4O3/c1-16-10-17(2)12-20(11-16)24(31)26-14-22(29)27-21-5-3-4-18(13-21)15-28-8-6-19(7-9-28)23(25)30/h3-5,10-13,19H,6-9,14-15H2,1-2H3,(H2,25,30)(H,26,31)(H,27,29). The third kappa shape index (κ3) is 6.65. The minimum Gasteiger partial charge on any atom is -0.369 e. The van der Waals surface area contributed by atoms with Crippen molar-refractivity contribution in [3.8, 4) is 0 Å². The average Bonchev–Trinajstić information content (AvgIpc) is 2.72. The number of rotatable bonds is 7. The molecule has 1 aliphatic rings. The number of nitrogens with one attached hydrogen (secondary N) is 2. The van der Waals surface area contributed by atoms with Crippen LogP contribution in [0.2, 0.25) is 0 Å². The second kappa shape index (κ2) is 10.2. The van der Waals surface area contributed by atoms with Gasteiger partial charge in [-0.15, -0.1) is 0 Å². The lowest BCUT2D eigenvalue weighted by molar-refractivity contribution is -0.123. The first-order chi connectivity index (χ1) is 14.8. The van der Waals surface area contributed by atoms with Gasteiger partial charge in [0.15, 0.2) is 0 Å². The minimum absolute atomic E-state index is 0.0270. The summed E-state index contributed by atoms with van der Waals surface area (Å²) in [6.07, 6.45) is 1.57. The van der Waals surface area contributed by atoms with Gasteiger partial charge < -0.3 is 16.4 Å². The lowest BCUT2D eigenvalue weighted by Gasteiger charge is -2.30. The molecule has 0 saturated carbocycles. The van der Waals surface area contributed by atoms with Crippen molar-refractivity contribution in [2.75, 3.05) is 25.0 Å². The van der Waals surface area contributed by atoms with E-state index < -0.39 is 0 Å². The van der Waals surface area contributed by atoms with Crippen molar-refractivity contribution in [2.45, 2.75) is 33.2 Å². The van der Waals surface area contributed by atoms with Crippen molar-refractivity contribution in [1.29, 1.82) is 0 Å². The molecule has 0 spiro atoms. The van der Waals surface area contributed by atoms with Gasteiger partial charge in [-0.3, -0.25) is 19.3 Å². The Morgan fingerprint density at radius 3 is 2.35 bits per heavy atom. The van der Waals surface area contributed by atoms with Crippen LogP contribution >= 0.6 is 0 Å². The summed E-state index contributed by atoms with van der Waals surface area (Å²) >= 11 is 0.